The zero-order valence-electron chi connectivity index (χ0n) is 12.3. The molecular formula is C18H21ClO. The quantitative estimate of drug-likeness (QED) is 0.746. The lowest BCUT2D eigenvalue weighted by Gasteiger charge is -2.20. The predicted molar refractivity (Wildman–Crippen MR) is 85.8 cm³/mol. The molecule has 0 aliphatic carbocycles. The van der Waals surface area contributed by atoms with E-state index in [2.05, 4.69) is 39.0 Å². The molecule has 0 saturated heterocycles. The van der Waals surface area contributed by atoms with Gasteiger partial charge in [-0.3, -0.25) is 0 Å². The fraction of sp³-hybridized carbons (Fsp3) is 0.333. The van der Waals surface area contributed by atoms with Crippen LogP contribution in [0.2, 0.25) is 5.02 Å². The molecule has 106 valence electrons. The lowest BCUT2D eigenvalue weighted by atomic mass is 9.86. The largest absolute Gasteiger partial charge is 0.493 e. The maximum absolute atomic E-state index is 6.36. The first-order chi connectivity index (χ1) is 9.47. The van der Waals surface area contributed by atoms with Crippen molar-refractivity contribution in [3.05, 3.63) is 64.7 Å². The summed E-state index contributed by atoms with van der Waals surface area (Å²) in [5.74, 6) is 0.898. The van der Waals surface area contributed by atoms with Crippen LogP contribution in [0.1, 0.15) is 31.9 Å². The molecule has 2 aromatic rings. The molecule has 0 spiro atoms. The van der Waals surface area contributed by atoms with E-state index in [9.17, 15) is 0 Å². The summed E-state index contributed by atoms with van der Waals surface area (Å²) in [6.07, 6.45) is 0.818. The highest BCUT2D eigenvalue weighted by Crippen LogP contribution is 2.27. The fourth-order valence-corrected chi connectivity index (χ4v) is 2.29. The van der Waals surface area contributed by atoms with E-state index in [1.807, 2.05) is 30.3 Å². The number of halogens is 1. The van der Waals surface area contributed by atoms with Gasteiger partial charge in [-0.25, -0.2) is 0 Å². The highest BCUT2D eigenvalue weighted by atomic mass is 35.5. The van der Waals surface area contributed by atoms with Gasteiger partial charge in [-0.2, -0.15) is 0 Å². The molecule has 0 radical (unpaired) electrons. The number of benzene rings is 2. The number of hydrogen-bond acceptors (Lipinski definition) is 1. The van der Waals surface area contributed by atoms with Gasteiger partial charge in [0.25, 0.3) is 0 Å². The van der Waals surface area contributed by atoms with E-state index in [4.69, 9.17) is 16.3 Å². The Balaban J connectivity index is 1.97. The Morgan fingerprint density at radius 1 is 1.00 bits per heavy atom. The molecule has 0 N–H and O–H groups in total. The minimum Gasteiger partial charge on any atom is -0.493 e. The third-order valence-corrected chi connectivity index (χ3v) is 3.65. The maximum Gasteiger partial charge on any atom is 0.119 e. The third-order valence-electron chi connectivity index (χ3n) is 3.30. The van der Waals surface area contributed by atoms with E-state index in [0.717, 1.165) is 22.8 Å². The van der Waals surface area contributed by atoms with Crippen LogP contribution >= 0.6 is 11.6 Å². The molecule has 2 heteroatoms. The Bertz CT molecular complexity index is 555. The van der Waals surface area contributed by atoms with Gasteiger partial charge in [0.15, 0.2) is 0 Å². The van der Waals surface area contributed by atoms with Gasteiger partial charge in [0.2, 0.25) is 0 Å². The van der Waals surface area contributed by atoms with Gasteiger partial charge in [-0.15, -0.1) is 0 Å². The van der Waals surface area contributed by atoms with Crippen LogP contribution in [0.15, 0.2) is 48.5 Å². The van der Waals surface area contributed by atoms with Gasteiger partial charge < -0.3 is 4.74 Å². The summed E-state index contributed by atoms with van der Waals surface area (Å²) in [6.45, 7) is 7.21. The average Bonchev–Trinajstić information content (AvgIpc) is 2.40. The minimum atomic E-state index is 0.128. The van der Waals surface area contributed by atoms with E-state index < -0.39 is 0 Å². The van der Waals surface area contributed by atoms with Gasteiger partial charge in [-0.1, -0.05) is 62.7 Å². The first-order valence-electron chi connectivity index (χ1n) is 6.93. The van der Waals surface area contributed by atoms with Crippen molar-refractivity contribution in [1.82, 2.24) is 0 Å². The maximum atomic E-state index is 6.36. The van der Waals surface area contributed by atoms with Crippen molar-refractivity contribution in [2.24, 2.45) is 0 Å². The first kappa shape index (κ1) is 14.9. The van der Waals surface area contributed by atoms with Crippen molar-refractivity contribution in [1.29, 1.82) is 0 Å². The van der Waals surface area contributed by atoms with Gasteiger partial charge in [0, 0.05) is 11.4 Å². The first-order valence-corrected chi connectivity index (χ1v) is 7.31. The summed E-state index contributed by atoms with van der Waals surface area (Å²) in [6, 6.07) is 16.2. The summed E-state index contributed by atoms with van der Waals surface area (Å²) in [5.41, 5.74) is 2.52. The minimum absolute atomic E-state index is 0.128. The number of hydrogen-bond donors (Lipinski definition) is 0. The molecule has 0 fully saturated rings. The van der Waals surface area contributed by atoms with Crippen LogP contribution in [0, 0.1) is 0 Å². The fourth-order valence-electron chi connectivity index (χ4n) is 2.01. The Hall–Kier alpha value is -1.47. The summed E-state index contributed by atoms with van der Waals surface area (Å²) >= 11 is 6.36. The Kier molecular flexibility index (Phi) is 4.72. The van der Waals surface area contributed by atoms with Crippen LogP contribution in [0.25, 0.3) is 0 Å². The molecule has 0 unspecified atom stereocenters. The van der Waals surface area contributed by atoms with Crippen molar-refractivity contribution in [2.45, 2.75) is 32.6 Å². The predicted octanol–water partition coefficient (Wildman–Crippen LogP) is 5.26. The van der Waals surface area contributed by atoms with Crippen LogP contribution in [-0.4, -0.2) is 6.61 Å². The number of rotatable bonds is 4. The van der Waals surface area contributed by atoms with E-state index in [0.29, 0.717) is 6.61 Å². The monoisotopic (exact) mass is 288 g/mol. The van der Waals surface area contributed by atoms with Gasteiger partial charge >= 0.3 is 0 Å². The molecule has 0 heterocycles. The molecule has 20 heavy (non-hydrogen) atoms. The molecule has 0 bridgehead atoms. The van der Waals surface area contributed by atoms with Gasteiger partial charge in [0.05, 0.1) is 6.61 Å². The average molecular weight is 289 g/mol. The van der Waals surface area contributed by atoms with Crippen LogP contribution in [0.4, 0.5) is 0 Å². The van der Waals surface area contributed by atoms with Crippen molar-refractivity contribution >= 4 is 11.6 Å². The van der Waals surface area contributed by atoms with Crippen LogP contribution in [0.5, 0.6) is 5.75 Å². The van der Waals surface area contributed by atoms with Crippen LogP contribution in [-0.2, 0) is 11.8 Å². The van der Waals surface area contributed by atoms with Crippen molar-refractivity contribution in [3.63, 3.8) is 0 Å². The SMILES string of the molecule is CC(C)(C)c1ccc(CCOc2ccccc2)c(Cl)c1. The van der Waals surface area contributed by atoms with Gasteiger partial charge in [-0.05, 0) is 34.7 Å². The molecule has 0 aliphatic heterocycles. The smallest absolute Gasteiger partial charge is 0.119 e. The zero-order chi connectivity index (χ0) is 14.6. The summed E-state index contributed by atoms with van der Waals surface area (Å²) in [7, 11) is 0. The van der Waals surface area contributed by atoms with E-state index in [1.165, 1.54) is 5.56 Å². The summed E-state index contributed by atoms with van der Waals surface area (Å²) < 4.78 is 5.70. The zero-order valence-corrected chi connectivity index (χ0v) is 13.1. The molecular weight excluding hydrogens is 268 g/mol. The highest BCUT2D eigenvalue weighted by molar-refractivity contribution is 6.31. The Labute approximate surface area is 126 Å². The second-order valence-electron chi connectivity index (χ2n) is 5.97. The van der Waals surface area contributed by atoms with Crippen molar-refractivity contribution in [2.75, 3.05) is 6.61 Å². The van der Waals surface area contributed by atoms with Crippen LogP contribution < -0.4 is 4.74 Å². The normalized spacial score (nSPS) is 11.4. The summed E-state index contributed by atoms with van der Waals surface area (Å²) in [4.78, 5) is 0. The summed E-state index contributed by atoms with van der Waals surface area (Å²) in [5, 5.41) is 0.828. The van der Waals surface area contributed by atoms with E-state index in [1.54, 1.807) is 0 Å². The standard InChI is InChI=1S/C18H21ClO/c1-18(2,3)15-10-9-14(17(19)13-15)11-12-20-16-7-5-4-6-8-16/h4-10,13H,11-12H2,1-3H3. The van der Waals surface area contributed by atoms with Crippen molar-refractivity contribution in [3.8, 4) is 5.75 Å². The Morgan fingerprint density at radius 3 is 2.30 bits per heavy atom. The van der Waals surface area contributed by atoms with E-state index in [-0.39, 0.29) is 5.41 Å². The molecule has 0 amide bonds. The molecule has 0 aromatic heterocycles. The lowest BCUT2D eigenvalue weighted by molar-refractivity contribution is 0.322. The van der Waals surface area contributed by atoms with Gasteiger partial charge in [0.1, 0.15) is 5.75 Å². The molecule has 2 rings (SSSR count). The molecule has 0 atom stereocenters. The third kappa shape index (κ3) is 4.01. The molecule has 2 aromatic carbocycles. The molecule has 1 nitrogen and oxygen atoms in total. The second-order valence-corrected chi connectivity index (χ2v) is 6.37. The molecule has 0 saturated carbocycles. The number of para-hydroxylation sites is 1. The van der Waals surface area contributed by atoms with Crippen LogP contribution in [0.3, 0.4) is 0 Å². The number of ether oxygens (including phenoxy) is 1. The highest BCUT2D eigenvalue weighted by Gasteiger charge is 2.14. The topological polar surface area (TPSA) is 9.23 Å². The second kappa shape index (κ2) is 6.32. The lowest BCUT2D eigenvalue weighted by Crippen LogP contribution is -2.11. The molecule has 0 aliphatic rings. The Morgan fingerprint density at radius 2 is 1.70 bits per heavy atom. The van der Waals surface area contributed by atoms with E-state index >= 15 is 0 Å². The van der Waals surface area contributed by atoms with Crippen molar-refractivity contribution < 1.29 is 4.74 Å².